The van der Waals surface area contributed by atoms with Gasteiger partial charge in [0.1, 0.15) is 17.3 Å². The van der Waals surface area contributed by atoms with E-state index in [9.17, 15) is 13.2 Å². The van der Waals surface area contributed by atoms with Crippen molar-refractivity contribution >= 4 is 11.5 Å². The monoisotopic (exact) mass is 393 g/mol. The molecule has 3 aromatic rings. The molecular formula is C18H18F3N5O2. The molecule has 0 bridgehead atoms. The average molecular weight is 393 g/mol. The molecule has 1 saturated heterocycles. The second kappa shape index (κ2) is 6.84. The summed E-state index contributed by atoms with van der Waals surface area (Å²) in [6.45, 7) is 0.668. The van der Waals surface area contributed by atoms with Gasteiger partial charge in [0.15, 0.2) is 5.65 Å². The molecule has 4 rings (SSSR count). The molecule has 0 spiro atoms. The van der Waals surface area contributed by atoms with E-state index in [2.05, 4.69) is 15.3 Å². The van der Waals surface area contributed by atoms with Crippen molar-refractivity contribution < 1.29 is 22.6 Å². The fraction of sp³-hybridized carbons (Fsp3) is 0.389. The predicted molar refractivity (Wildman–Crippen MR) is 94.7 cm³/mol. The Bertz CT molecular complexity index is 1000. The number of halogens is 3. The molecule has 0 amide bonds. The fourth-order valence-corrected chi connectivity index (χ4v) is 3.57. The zero-order valence-corrected chi connectivity index (χ0v) is 15.3. The fourth-order valence-electron chi connectivity index (χ4n) is 3.57. The number of hydrogen-bond acceptors (Lipinski definition) is 6. The summed E-state index contributed by atoms with van der Waals surface area (Å²) in [6.07, 6.45) is -2.92. The minimum Gasteiger partial charge on any atom is -0.497 e. The molecule has 7 nitrogen and oxygen atoms in total. The van der Waals surface area contributed by atoms with E-state index in [-0.39, 0.29) is 11.7 Å². The second-order valence-electron chi connectivity index (χ2n) is 6.44. The minimum absolute atomic E-state index is 0.0499. The van der Waals surface area contributed by atoms with E-state index < -0.39 is 12.0 Å². The summed E-state index contributed by atoms with van der Waals surface area (Å²) in [5.41, 5.74) is 0.983. The normalized spacial score (nSPS) is 17.3. The van der Waals surface area contributed by atoms with E-state index in [0.29, 0.717) is 23.9 Å². The van der Waals surface area contributed by atoms with Crippen LogP contribution in [0, 0.1) is 0 Å². The number of benzene rings is 1. The first-order chi connectivity index (χ1) is 13.4. The van der Waals surface area contributed by atoms with Crippen molar-refractivity contribution in [1.29, 1.82) is 0 Å². The Kier molecular flexibility index (Phi) is 4.48. The van der Waals surface area contributed by atoms with Crippen molar-refractivity contribution in [3.05, 3.63) is 41.7 Å². The third-order valence-corrected chi connectivity index (χ3v) is 4.85. The van der Waals surface area contributed by atoms with Gasteiger partial charge >= 0.3 is 6.18 Å². The number of alkyl halides is 3. The summed E-state index contributed by atoms with van der Waals surface area (Å²) in [5, 5.41) is 11.0. The lowest BCUT2D eigenvalue weighted by atomic mass is 10.0. The highest BCUT2D eigenvalue weighted by Gasteiger charge is 2.38. The Hall–Kier alpha value is -3.04. The number of aromatic nitrogens is 4. The van der Waals surface area contributed by atoms with Crippen molar-refractivity contribution in [2.45, 2.75) is 25.1 Å². The Morgan fingerprint density at radius 3 is 2.61 bits per heavy atom. The number of rotatable bonds is 4. The molecule has 1 fully saturated rings. The molecular weight excluding hydrogens is 375 g/mol. The molecule has 0 unspecified atom stereocenters. The third-order valence-electron chi connectivity index (χ3n) is 4.85. The number of ether oxygens (including phenoxy) is 2. The Labute approximate surface area is 158 Å². The molecule has 3 heterocycles. The van der Waals surface area contributed by atoms with E-state index in [0.717, 1.165) is 22.9 Å². The maximum absolute atomic E-state index is 13.2. The highest BCUT2D eigenvalue weighted by molar-refractivity contribution is 5.52. The minimum atomic E-state index is -4.63. The maximum Gasteiger partial charge on any atom is 0.453 e. The molecule has 0 N–H and O–H groups in total. The van der Waals surface area contributed by atoms with Crippen molar-refractivity contribution in [1.82, 2.24) is 19.8 Å². The van der Waals surface area contributed by atoms with Crippen molar-refractivity contribution in [3.8, 4) is 11.5 Å². The summed E-state index contributed by atoms with van der Waals surface area (Å²) >= 11 is 0. The quantitative estimate of drug-likeness (QED) is 0.676. The van der Waals surface area contributed by atoms with Crippen LogP contribution in [0.5, 0.6) is 11.5 Å². The molecule has 1 atom stereocenters. The highest BCUT2D eigenvalue weighted by atomic mass is 19.4. The first-order valence-corrected chi connectivity index (χ1v) is 8.70. The molecule has 0 radical (unpaired) electrons. The van der Waals surface area contributed by atoms with Crippen LogP contribution in [0.3, 0.4) is 0 Å². The Morgan fingerprint density at radius 2 is 1.89 bits per heavy atom. The summed E-state index contributed by atoms with van der Waals surface area (Å²) < 4.78 is 51.0. The SMILES string of the molecule is COc1ccc([C@H]2CCCN2c2ccc3nnc(C(F)(F)F)n3n2)c(OC)c1. The van der Waals surface area contributed by atoms with Gasteiger partial charge in [-0.15, -0.1) is 15.3 Å². The van der Waals surface area contributed by atoms with Gasteiger partial charge in [0, 0.05) is 18.2 Å². The van der Waals surface area contributed by atoms with Gasteiger partial charge in [-0.3, -0.25) is 0 Å². The standard InChI is InChI=1S/C18H18F3N5O2/c1-27-11-5-6-12(14(10-11)28-2)13-4-3-9-25(13)16-8-7-15-22-23-17(18(19,20)21)26(15)24-16/h5-8,10,13H,3-4,9H2,1-2H3/t13-/m1/s1. The van der Waals surface area contributed by atoms with Crippen LogP contribution in [0.15, 0.2) is 30.3 Å². The van der Waals surface area contributed by atoms with E-state index in [1.165, 1.54) is 6.07 Å². The van der Waals surface area contributed by atoms with Gasteiger partial charge in [-0.05, 0) is 37.1 Å². The molecule has 0 saturated carbocycles. The van der Waals surface area contributed by atoms with E-state index in [1.807, 2.05) is 17.0 Å². The van der Waals surface area contributed by atoms with Crippen LogP contribution in [0.1, 0.15) is 30.3 Å². The summed E-state index contributed by atoms with van der Waals surface area (Å²) in [6, 6.07) is 8.64. The van der Waals surface area contributed by atoms with E-state index in [1.54, 1.807) is 26.4 Å². The van der Waals surface area contributed by atoms with Crippen LogP contribution in [0.2, 0.25) is 0 Å². The van der Waals surface area contributed by atoms with Gasteiger partial charge in [-0.1, -0.05) is 0 Å². The van der Waals surface area contributed by atoms with E-state index in [4.69, 9.17) is 9.47 Å². The predicted octanol–water partition coefficient (Wildman–Crippen LogP) is 3.50. The van der Waals surface area contributed by atoms with Crippen LogP contribution in [0.25, 0.3) is 5.65 Å². The molecule has 10 heteroatoms. The van der Waals surface area contributed by atoms with Gasteiger partial charge in [0.05, 0.1) is 20.3 Å². The number of methoxy groups -OCH3 is 2. The molecule has 1 aliphatic rings. The zero-order valence-electron chi connectivity index (χ0n) is 15.3. The Morgan fingerprint density at radius 1 is 1.07 bits per heavy atom. The highest BCUT2D eigenvalue weighted by Crippen LogP contribution is 2.40. The van der Waals surface area contributed by atoms with E-state index >= 15 is 0 Å². The van der Waals surface area contributed by atoms with Crippen LogP contribution < -0.4 is 14.4 Å². The first kappa shape index (κ1) is 18.3. The number of hydrogen-bond donors (Lipinski definition) is 0. The van der Waals surface area contributed by atoms with Crippen LogP contribution in [-0.2, 0) is 6.18 Å². The average Bonchev–Trinajstić information content (AvgIpc) is 3.33. The van der Waals surface area contributed by atoms with Crippen LogP contribution in [0.4, 0.5) is 19.0 Å². The smallest absolute Gasteiger partial charge is 0.453 e. The van der Waals surface area contributed by atoms with Crippen molar-refractivity contribution in [2.75, 3.05) is 25.7 Å². The molecule has 148 valence electrons. The molecule has 1 aliphatic heterocycles. The summed E-state index contributed by atoms with van der Waals surface area (Å²) in [4.78, 5) is 1.98. The van der Waals surface area contributed by atoms with Gasteiger partial charge in [-0.25, -0.2) is 0 Å². The molecule has 0 aliphatic carbocycles. The lowest BCUT2D eigenvalue weighted by molar-refractivity contribution is -0.146. The lowest BCUT2D eigenvalue weighted by Crippen LogP contribution is -2.25. The summed E-state index contributed by atoms with van der Waals surface area (Å²) in [5.74, 6) is 0.627. The zero-order chi connectivity index (χ0) is 19.9. The lowest BCUT2D eigenvalue weighted by Gasteiger charge is -2.27. The number of fused-ring (bicyclic) bond motifs is 1. The van der Waals surface area contributed by atoms with Gasteiger partial charge in [0.2, 0.25) is 0 Å². The summed E-state index contributed by atoms with van der Waals surface area (Å²) in [7, 11) is 3.15. The third kappa shape index (κ3) is 3.08. The van der Waals surface area contributed by atoms with Crippen LogP contribution in [-0.4, -0.2) is 40.6 Å². The van der Waals surface area contributed by atoms with Gasteiger partial charge in [-0.2, -0.15) is 17.7 Å². The van der Waals surface area contributed by atoms with Crippen molar-refractivity contribution in [2.24, 2.45) is 0 Å². The molecule has 28 heavy (non-hydrogen) atoms. The van der Waals surface area contributed by atoms with Crippen molar-refractivity contribution in [3.63, 3.8) is 0 Å². The molecule has 2 aromatic heterocycles. The number of nitrogens with zero attached hydrogens (tertiary/aromatic N) is 5. The van der Waals surface area contributed by atoms with Crippen LogP contribution >= 0.6 is 0 Å². The largest absolute Gasteiger partial charge is 0.497 e. The van der Waals surface area contributed by atoms with Gasteiger partial charge in [0.25, 0.3) is 5.82 Å². The maximum atomic E-state index is 13.2. The van der Waals surface area contributed by atoms with Gasteiger partial charge < -0.3 is 14.4 Å². The first-order valence-electron chi connectivity index (χ1n) is 8.70. The number of anilines is 1. The topological polar surface area (TPSA) is 64.8 Å². The molecule has 1 aromatic carbocycles. The second-order valence-corrected chi connectivity index (χ2v) is 6.44. The Balaban J connectivity index is 1.75.